The highest BCUT2D eigenvalue weighted by Gasteiger charge is 2.62. The third kappa shape index (κ3) is 4.96. The molecular formula is C33H47FN4O6. The zero-order valence-corrected chi connectivity index (χ0v) is 25.6. The molecule has 3 saturated heterocycles. The molecule has 11 atom stereocenters. The molecule has 0 radical (unpaired) electrons. The van der Waals surface area contributed by atoms with E-state index in [-0.39, 0.29) is 53.7 Å². The number of Topliss-reactive ketones (excluding diaryl/α,β-unsaturated/α-hetero) is 2. The molecule has 4 aliphatic heterocycles. The number of ketones is 2. The first-order valence-electron chi connectivity index (χ1n) is 17.3. The van der Waals surface area contributed by atoms with Gasteiger partial charge in [0.15, 0.2) is 5.78 Å². The molecule has 4 saturated carbocycles. The Labute approximate surface area is 259 Å². The number of morpholine rings is 3. The van der Waals surface area contributed by atoms with Crippen molar-refractivity contribution in [2.75, 3.05) is 65.7 Å². The number of nitrogens with one attached hydrogen (secondary N) is 1. The fourth-order valence-electron chi connectivity index (χ4n) is 10.3. The van der Waals surface area contributed by atoms with E-state index < -0.39 is 24.2 Å². The van der Waals surface area contributed by atoms with Gasteiger partial charge in [0.1, 0.15) is 12.0 Å². The van der Waals surface area contributed by atoms with Crippen LogP contribution in [0.2, 0.25) is 0 Å². The quantitative estimate of drug-likeness (QED) is 0.458. The van der Waals surface area contributed by atoms with Crippen LogP contribution in [0.15, 0.2) is 11.8 Å². The maximum Gasteiger partial charge on any atom is 0.259 e. The molecule has 11 unspecified atom stereocenters. The molecule has 1 amide bonds. The number of fused-ring (bicyclic) bond motifs is 5. The predicted octanol–water partition coefficient (Wildman–Crippen LogP) is 1.18. The number of amides is 1. The predicted molar refractivity (Wildman–Crippen MR) is 157 cm³/mol. The number of rotatable bonds is 5. The lowest BCUT2D eigenvalue weighted by Gasteiger charge is -2.60. The molecule has 4 aliphatic carbocycles. The molecule has 4 heterocycles. The SMILES string of the molecule is O=C1C2CCCCC2C2CC3C(CC12)OC1C(NCCN2CCOCC2)C(F)CC2C(=O)C(C(=O)N4CCOCC4)=CN3C21. The van der Waals surface area contributed by atoms with Crippen LogP contribution in [0.5, 0.6) is 0 Å². The third-order valence-electron chi connectivity index (χ3n) is 12.4. The molecule has 7 fully saturated rings. The number of halogens is 1. The Morgan fingerprint density at radius 1 is 0.909 bits per heavy atom. The van der Waals surface area contributed by atoms with Gasteiger partial charge in [0, 0.05) is 63.2 Å². The van der Waals surface area contributed by atoms with E-state index in [0.717, 1.165) is 45.3 Å². The number of hydrogen-bond acceptors (Lipinski definition) is 9. The Morgan fingerprint density at radius 3 is 2.45 bits per heavy atom. The fraction of sp³-hybridized carbons (Fsp3) is 0.848. The molecule has 10 nitrogen and oxygen atoms in total. The first-order valence-corrected chi connectivity index (χ1v) is 17.3. The van der Waals surface area contributed by atoms with Crippen LogP contribution in [-0.4, -0.2) is 134 Å². The number of hydrogen-bond donors (Lipinski definition) is 1. The largest absolute Gasteiger partial charge is 0.379 e. The lowest BCUT2D eigenvalue weighted by molar-refractivity contribution is -0.206. The monoisotopic (exact) mass is 614 g/mol. The van der Waals surface area contributed by atoms with Crippen LogP contribution in [0.25, 0.3) is 0 Å². The van der Waals surface area contributed by atoms with Gasteiger partial charge in [-0.25, -0.2) is 4.39 Å². The Hall–Kier alpha value is -1.92. The standard InChI is InChI=1S/C33H47FN4O6/c34-25-15-23-29-32(28(25)35-5-6-36-7-11-42-12-8-36)44-27-17-22-21(19-3-1-2-4-20(19)30(22)39)16-26(27)38(29)18-24(31(23)40)33(41)37-9-13-43-14-10-37/h18-23,25-29,32,35H,1-17H2. The molecule has 8 aliphatic rings. The minimum Gasteiger partial charge on any atom is -0.379 e. The summed E-state index contributed by atoms with van der Waals surface area (Å²) in [6.45, 7) is 6.37. The Morgan fingerprint density at radius 2 is 1.66 bits per heavy atom. The molecule has 0 bridgehead atoms. The van der Waals surface area contributed by atoms with E-state index in [1.165, 1.54) is 6.42 Å². The summed E-state index contributed by atoms with van der Waals surface area (Å²) in [5.41, 5.74) is 0.179. The highest BCUT2D eigenvalue weighted by molar-refractivity contribution is 6.20. The molecule has 1 N–H and O–H groups in total. The summed E-state index contributed by atoms with van der Waals surface area (Å²) in [5.74, 6) is 0.171. The Bertz CT molecular complexity index is 1170. The maximum atomic E-state index is 16.2. The van der Waals surface area contributed by atoms with Crippen LogP contribution < -0.4 is 5.32 Å². The zero-order valence-electron chi connectivity index (χ0n) is 25.6. The first kappa shape index (κ1) is 29.5. The number of nitrogens with zero attached hydrogens (tertiary/aromatic N) is 3. The van der Waals surface area contributed by atoms with Gasteiger partial charge >= 0.3 is 0 Å². The van der Waals surface area contributed by atoms with Gasteiger partial charge < -0.3 is 29.3 Å². The Balaban J connectivity index is 1.10. The number of carbonyl (C=O) groups is 3. The molecule has 8 rings (SSSR count). The van der Waals surface area contributed by atoms with Gasteiger partial charge in [-0.2, -0.15) is 0 Å². The van der Waals surface area contributed by atoms with E-state index in [2.05, 4.69) is 15.1 Å². The van der Waals surface area contributed by atoms with Crippen molar-refractivity contribution >= 4 is 17.5 Å². The molecule has 242 valence electrons. The second-order valence-electron chi connectivity index (χ2n) is 14.4. The zero-order chi connectivity index (χ0) is 29.9. The fourth-order valence-corrected chi connectivity index (χ4v) is 10.3. The Kier molecular flexibility index (Phi) is 8.06. The normalized spacial score (nSPS) is 43.9. The average Bonchev–Trinajstić information content (AvgIpc) is 3.33. The smallest absolute Gasteiger partial charge is 0.259 e. The number of alkyl halides is 1. The van der Waals surface area contributed by atoms with Gasteiger partial charge in [0.05, 0.1) is 62.3 Å². The van der Waals surface area contributed by atoms with E-state index in [1.807, 2.05) is 6.20 Å². The van der Waals surface area contributed by atoms with Crippen molar-refractivity contribution in [3.8, 4) is 0 Å². The molecule has 11 heteroatoms. The molecule has 0 aromatic heterocycles. The molecule has 0 aromatic carbocycles. The van der Waals surface area contributed by atoms with Crippen molar-refractivity contribution in [3.63, 3.8) is 0 Å². The maximum absolute atomic E-state index is 16.2. The van der Waals surface area contributed by atoms with Crippen molar-refractivity contribution in [2.45, 2.75) is 81.5 Å². The summed E-state index contributed by atoms with van der Waals surface area (Å²) in [7, 11) is 0. The van der Waals surface area contributed by atoms with Crippen LogP contribution in [0.3, 0.4) is 0 Å². The van der Waals surface area contributed by atoms with Crippen molar-refractivity contribution < 1.29 is 33.0 Å². The molecular weight excluding hydrogens is 567 g/mol. The highest BCUT2D eigenvalue weighted by atomic mass is 19.1. The topological polar surface area (TPSA) is 101 Å². The van der Waals surface area contributed by atoms with Gasteiger partial charge in [0.2, 0.25) is 0 Å². The molecule has 44 heavy (non-hydrogen) atoms. The summed E-state index contributed by atoms with van der Waals surface area (Å²) < 4.78 is 34.0. The molecule has 0 spiro atoms. The number of ether oxygens (including phenoxy) is 3. The van der Waals surface area contributed by atoms with Gasteiger partial charge in [0.25, 0.3) is 5.91 Å². The van der Waals surface area contributed by atoms with Crippen LogP contribution in [0, 0.1) is 29.6 Å². The van der Waals surface area contributed by atoms with Crippen LogP contribution >= 0.6 is 0 Å². The second kappa shape index (κ2) is 12.0. The van der Waals surface area contributed by atoms with Gasteiger partial charge in [-0.15, -0.1) is 0 Å². The first-order chi connectivity index (χ1) is 21.5. The summed E-state index contributed by atoms with van der Waals surface area (Å²) in [6, 6.07) is -0.911. The van der Waals surface area contributed by atoms with Crippen molar-refractivity contribution in [2.24, 2.45) is 29.6 Å². The van der Waals surface area contributed by atoms with Crippen LogP contribution in [0.1, 0.15) is 44.9 Å². The van der Waals surface area contributed by atoms with Crippen molar-refractivity contribution in [1.82, 2.24) is 20.0 Å². The van der Waals surface area contributed by atoms with Gasteiger partial charge in [-0.1, -0.05) is 12.8 Å². The lowest BCUT2D eigenvalue weighted by atomic mass is 9.66. The minimum absolute atomic E-state index is 0.000884. The van der Waals surface area contributed by atoms with Crippen molar-refractivity contribution in [3.05, 3.63) is 11.8 Å². The van der Waals surface area contributed by atoms with E-state index >= 15 is 4.39 Å². The van der Waals surface area contributed by atoms with Crippen molar-refractivity contribution in [1.29, 1.82) is 0 Å². The van der Waals surface area contributed by atoms with E-state index in [9.17, 15) is 14.4 Å². The van der Waals surface area contributed by atoms with Gasteiger partial charge in [-0.3, -0.25) is 19.3 Å². The van der Waals surface area contributed by atoms with E-state index in [4.69, 9.17) is 14.2 Å². The summed E-state index contributed by atoms with van der Waals surface area (Å²) in [6.07, 6.45) is 5.75. The minimum atomic E-state index is -1.28. The molecule has 0 aromatic rings. The van der Waals surface area contributed by atoms with E-state index in [1.54, 1.807) is 4.90 Å². The average molecular weight is 615 g/mol. The van der Waals surface area contributed by atoms with E-state index in [0.29, 0.717) is 70.1 Å². The summed E-state index contributed by atoms with van der Waals surface area (Å²) in [5, 5.41) is 3.50. The lowest BCUT2D eigenvalue weighted by Crippen LogP contribution is -2.73. The van der Waals surface area contributed by atoms with Crippen LogP contribution in [-0.2, 0) is 28.6 Å². The van der Waals surface area contributed by atoms with Gasteiger partial charge in [-0.05, 0) is 43.9 Å². The highest BCUT2D eigenvalue weighted by Crippen LogP contribution is 2.56. The third-order valence-corrected chi connectivity index (χ3v) is 12.4. The second-order valence-corrected chi connectivity index (χ2v) is 14.4. The summed E-state index contributed by atoms with van der Waals surface area (Å²) >= 11 is 0. The number of carbonyl (C=O) groups excluding carboxylic acids is 3. The summed E-state index contributed by atoms with van der Waals surface area (Å²) in [4.78, 5) is 47.7. The van der Waals surface area contributed by atoms with Crippen LogP contribution in [0.4, 0.5) is 4.39 Å².